The third-order valence-corrected chi connectivity index (χ3v) is 4.74. The molecule has 2 rings (SSSR count). The van der Waals surface area contributed by atoms with Gasteiger partial charge in [0.25, 0.3) is 15.9 Å². The van der Waals surface area contributed by atoms with Crippen LogP contribution in [0.2, 0.25) is 5.02 Å². The number of carbonyl (C=O) groups is 1. The molecular formula is C17H18ClNO5S. The lowest BCUT2D eigenvalue weighted by Gasteiger charge is -2.14. The summed E-state index contributed by atoms with van der Waals surface area (Å²) in [7, 11) is -2.56. The van der Waals surface area contributed by atoms with Gasteiger partial charge in [0, 0.05) is 10.6 Å². The normalized spacial score (nSPS) is 11.2. The molecule has 0 radical (unpaired) electrons. The Hall–Kier alpha value is -2.25. The minimum atomic E-state index is -4.00. The smallest absolute Gasteiger partial charge is 0.265 e. The first-order chi connectivity index (χ1) is 11.7. The van der Waals surface area contributed by atoms with Gasteiger partial charge in [-0.05, 0) is 56.3 Å². The van der Waals surface area contributed by atoms with Gasteiger partial charge in [-0.1, -0.05) is 11.6 Å². The predicted octanol–water partition coefficient (Wildman–Crippen LogP) is 3.25. The van der Waals surface area contributed by atoms with Gasteiger partial charge in [-0.3, -0.25) is 4.79 Å². The van der Waals surface area contributed by atoms with E-state index in [1.165, 1.54) is 43.5 Å². The summed E-state index contributed by atoms with van der Waals surface area (Å²) < 4.78 is 37.3. The molecule has 2 aromatic rings. The van der Waals surface area contributed by atoms with Crippen LogP contribution in [0.4, 0.5) is 0 Å². The Bertz CT molecular complexity index is 863. The minimum absolute atomic E-state index is 0.0584. The second kappa shape index (κ2) is 7.76. The van der Waals surface area contributed by atoms with Crippen LogP contribution < -0.4 is 14.2 Å². The number of amides is 1. The molecule has 0 saturated heterocycles. The highest BCUT2D eigenvalue weighted by Gasteiger charge is 2.20. The number of sulfonamides is 1. The lowest BCUT2D eigenvalue weighted by atomic mass is 10.2. The molecule has 0 atom stereocenters. The predicted molar refractivity (Wildman–Crippen MR) is 94.9 cm³/mol. The van der Waals surface area contributed by atoms with Crippen molar-refractivity contribution in [3.63, 3.8) is 0 Å². The van der Waals surface area contributed by atoms with Crippen molar-refractivity contribution >= 4 is 27.5 Å². The molecule has 0 heterocycles. The fourth-order valence-electron chi connectivity index (χ4n) is 2.01. The molecule has 0 spiro atoms. The maximum Gasteiger partial charge on any atom is 0.265 e. The summed E-state index contributed by atoms with van der Waals surface area (Å²) in [5, 5.41) is 0.399. The van der Waals surface area contributed by atoms with Crippen molar-refractivity contribution in [3.8, 4) is 11.5 Å². The summed E-state index contributed by atoms with van der Waals surface area (Å²) >= 11 is 5.74. The zero-order chi connectivity index (χ0) is 18.6. The zero-order valence-corrected chi connectivity index (χ0v) is 15.5. The van der Waals surface area contributed by atoms with Crippen LogP contribution in [0, 0.1) is 0 Å². The number of rotatable bonds is 6. The number of hydrogen-bond donors (Lipinski definition) is 1. The van der Waals surface area contributed by atoms with Crippen molar-refractivity contribution in [1.29, 1.82) is 0 Å². The van der Waals surface area contributed by atoms with E-state index >= 15 is 0 Å². The molecule has 0 fully saturated rings. The second-order valence-electron chi connectivity index (χ2n) is 5.42. The first-order valence-corrected chi connectivity index (χ1v) is 9.26. The van der Waals surface area contributed by atoms with Gasteiger partial charge in [0.15, 0.2) is 11.5 Å². The van der Waals surface area contributed by atoms with Crippen molar-refractivity contribution < 1.29 is 22.7 Å². The van der Waals surface area contributed by atoms with Crippen molar-refractivity contribution in [3.05, 3.63) is 53.1 Å². The number of ether oxygens (including phenoxy) is 2. The Balaban J connectivity index is 2.24. The Morgan fingerprint density at radius 2 is 1.72 bits per heavy atom. The van der Waals surface area contributed by atoms with E-state index in [2.05, 4.69) is 0 Å². The average Bonchev–Trinajstić information content (AvgIpc) is 2.54. The summed E-state index contributed by atoms with van der Waals surface area (Å²) in [6.45, 7) is 3.72. The highest BCUT2D eigenvalue weighted by molar-refractivity contribution is 7.90. The largest absolute Gasteiger partial charge is 0.493 e. The van der Waals surface area contributed by atoms with E-state index in [0.717, 1.165) is 0 Å². The molecular weight excluding hydrogens is 366 g/mol. The average molecular weight is 384 g/mol. The molecule has 1 N–H and O–H groups in total. The van der Waals surface area contributed by atoms with E-state index in [4.69, 9.17) is 21.1 Å². The van der Waals surface area contributed by atoms with E-state index in [-0.39, 0.29) is 16.6 Å². The summed E-state index contributed by atoms with van der Waals surface area (Å²) in [5.74, 6) is 0.0317. The zero-order valence-electron chi connectivity index (χ0n) is 13.9. The van der Waals surface area contributed by atoms with Crippen molar-refractivity contribution in [2.45, 2.75) is 24.8 Å². The van der Waals surface area contributed by atoms with Gasteiger partial charge in [-0.2, -0.15) is 0 Å². The van der Waals surface area contributed by atoms with Crippen LogP contribution in [0.25, 0.3) is 0 Å². The Morgan fingerprint density at radius 3 is 2.28 bits per heavy atom. The molecule has 0 saturated carbocycles. The first kappa shape index (κ1) is 19.1. The summed E-state index contributed by atoms with van der Waals surface area (Å²) in [6.07, 6.45) is -0.0705. The quantitative estimate of drug-likeness (QED) is 0.827. The molecule has 0 unspecified atom stereocenters. The van der Waals surface area contributed by atoms with Crippen LogP contribution in [0.15, 0.2) is 47.4 Å². The Kier molecular flexibility index (Phi) is 5.92. The van der Waals surface area contributed by atoms with Crippen molar-refractivity contribution in [1.82, 2.24) is 4.72 Å². The summed E-state index contributed by atoms with van der Waals surface area (Å²) in [5.41, 5.74) is 0.130. The number of methoxy groups -OCH3 is 1. The number of nitrogens with one attached hydrogen (secondary N) is 1. The van der Waals surface area contributed by atoms with Crippen LogP contribution in [0.3, 0.4) is 0 Å². The summed E-state index contributed by atoms with van der Waals surface area (Å²) in [6, 6.07) is 9.94. The van der Waals surface area contributed by atoms with Crippen molar-refractivity contribution in [2.24, 2.45) is 0 Å². The van der Waals surface area contributed by atoms with Crippen molar-refractivity contribution in [2.75, 3.05) is 7.11 Å². The molecule has 0 aliphatic rings. The lowest BCUT2D eigenvalue weighted by Crippen LogP contribution is -2.30. The third kappa shape index (κ3) is 4.87. The third-order valence-electron chi connectivity index (χ3n) is 3.14. The highest BCUT2D eigenvalue weighted by Crippen LogP contribution is 2.29. The SMILES string of the molecule is COc1cc(C(=O)NS(=O)(=O)c2ccc(Cl)cc2)ccc1OC(C)C. The fraction of sp³-hybridized carbons (Fsp3) is 0.235. The van der Waals surface area contributed by atoms with Gasteiger partial charge in [-0.25, -0.2) is 13.1 Å². The lowest BCUT2D eigenvalue weighted by molar-refractivity contribution is 0.0981. The van der Waals surface area contributed by atoms with Gasteiger partial charge in [0.2, 0.25) is 0 Å². The number of halogens is 1. The molecule has 1 amide bonds. The molecule has 8 heteroatoms. The molecule has 0 bridgehead atoms. The second-order valence-corrected chi connectivity index (χ2v) is 7.54. The maximum atomic E-state index is 12.3. The minimum Gasteiger partial charge on any atom is -0.493 e. The van der Waals surface area contributed by atoms with Gasteiger partial charge in [0.1, 0.15) is 0 Å². The Morgan fingerprint density at radius 1 is 1.08 bits per heavy atom. The van der Waals surface area contributed by atoms with Crippen LogP contribution in [0.5, 0.6) is 11.5 Å². The number of hydrogen-bond acceptors (Lipinski definition) is 5. The maximum absolute atomic E-state index is 12.3. The molecule has 0 aliphatic heterocycles. The van der Waals surface area contributed by atoms with Crippen LogP contribution in [-0.4, -0.2) is 27.5 Å². The van der Waals surface area contributed by atoms with Gasteiger partial charge >= 0.3 is 0 Å². The molecule has 2 aromatic carbocycles. The van der Waals surface area contributed by atoms with E-state index in [0.29, 0.717) is 16.5 Å². The number of carbonyl (C=O) groups excluding carboxylic acids is 1. The van der Waals surface area contributed by atoms with E-state index in [1.54, 1.807) is 6.07 Å². The standard InChI is InChI=1S/C17H18ClNO5S/c1-11(2)24-15-9-4-12(10-16(15)23-3)17(20)19-25(21,22)14-7-5-13(18)6-8-14/h4-11H,1-3H3,(H,19,20). The monoisotopic (exact) mass is 383 g/mol. The molecule has 0 aromatic heterocycles. The Labute approximate surface area is 151 Å². The summed E-state index contributed by atoms with van der Waals surface area (Å²) in [4.78, 5) is 12.2. The van der Waals surface area contributed by atoms with Crippen LogP contribution >= 0.6 is 11.6 Å². The van der Waals surface area contributed by atoms with E-state index in [1.807, 2.05) is 18.6 Å². The topological polar surface area (TPSA) is 81.7 Å². The van der Waals surface area contributed by atoms with Crippen LogP contribution in [0.1, 0.15) is 24.2 Å². The van der Waals surface area contributed by atoms with Gasteiger partial charge in [-0.15, -0.1) is 0 Å². The van der Waals surface area contributed by atoms with Crippen LogP contribution in [-0.2, 0) is 10.0 Å². The molecule has 134 valence electrons. The fourth-order valence-corrected chi connectivity index (χ4v) is 3.11. The van der Waals surface area contributed by atoms with Gasteiger partial charge in [0.05, 0.1) is 18.1 Å². The number of benzene rings is 2. The van der Waals surface area contributed by atoms with E-state index < -0.39 is 15.9 Å². The molecule has 0 aliphatic carbocycles. The molecule has 25 heavy (non-hydrogen) atoms. The van der Waals surface area contributed by atoms with E-state index in [9.17, 15) is 13.2 Å². The highest BCUT2D eigenvalue weighted by atomic mass is 35.5. The first-order valence-electron chi connectivity index (χ1n) is 7.40. The van der Waals surface area contributed by atoms with Gasteiger partial charge < -0.3 is 9.47 Å². The molecule has 6 nitrogen and oxygen atoms in total.